The summed E-state index contributed by atoms with van der Waals surface area (Å²) >= 11 is 3.27. The first-order chi connectivity index (χ1) is 10.0. The van der Waals surface area contributed by atoms with E-state index in [2.05, 4.69) is 21.1 Å². The molecular formula is C13H10BrN3O4. The molecule has 0 unspecified atom stereocenters. The lowest BCUT2D eigenvalue weighted by Gasteiger charge is -2.08. The number of amidine groups is 1. The Hall–Kier alpha value is -2.61. The highest BCUT2D eigenvalue weighted by atomic mass is 79.9. The number of benzene rings is 2. The monoisotopic (exact) mass is 351 g/mol. The van der Waals surface area contributed by atoms with E-state index in [0.717, 1.165) is 0 Å². The third-order valence-electron chi connectivity index (χ3n) is 2.61. The SMILES string of the molecule is N/C(=N/O)c1ccc(Oc2cc([N+](=O)[O-])ccc2Br)cc1. The molecule has 0 saturated carbocycles. The van der Waals surface area contributed by atoms with Crippen molar-refractivity contribution < 1.29 is 14.9 Å². The first kappa shape index (κ1) is 14.8. The average Bonchev–Trinajstić information content (AvgIpc) is 2.49. The Bertz CT molecular complexity index is 701. The number of nitro groups is 1. The van der Waals surface area contributed by atoms with E-state index < -0.39 is 4.92 Å². The molecule has 0 spiro atoms. The minimum Gasteiger partial charge on any atom is -0.456 e. The highest BCUT2D eigenvalue weighted by Crippen LogP contribution is 2.33. The molecule has 21 heavy (non-hydrogen) atoms. The van der Waals surface area contributed by atoms with Crippen LogP contribution in [0.5, 0.6) is 11.5 Å². The number of hydrogen-bond acceptors (Lipinski definition) is 5. The number of halogens is 1. The summed E-state index contributed by atoms with van der Waals surface area (Å²) in [5, 5.41) is 22.2. The minimum absolute atomic E-state index is 0.0157. The molecule has 0 atom stereocenters. The smallest absolute Gasteiger partial charge is 0.273 e. The molecule has 2 aromatic rings. The lowest BCUT2D eigenvalue weighted by atomic mass is 10.2. The van der Waals surface area contributed by atoms with E-state index in [1.54, 1.807) is 24.3 Å². The highest BCUT2D eigenvalue weighted by Gasteiger charge is 2.11. The predicted octanol–water partition coefficient (Wildman–Crippen LogP) is 3.24. The number of ether oxygens (including phenoxy) is 1. The molecule has 2 aromatic carbocycles. The van der Waals surface area contributed by atoms with E-state index in [9.17, 15) is 10.1 Å². The first-order valence-electron chi connectivity index (χ1n) is 5.71. The van der Waals surface area contributed by atoms with Crippen molar-refractivity contribution in [1.82, 2.24) is 0 Å². The molecule has 0 aliphatic rings. The van der Waals surface area contributed by atoms with Gasteiger partial charge in [0.15, 0.2) is 5.84 Å². The second kappa shape index (κ2) is 6.23. The van der Waals surface area contributed by atoms with Crippen molar-refractivity contribution in [1.29, 1.82) is 0 Å². The molecule has 0 heterocycles. The molecule has 0 saturated heterocycles. The maximum absolute atomic E-state index is 10.8. The Labute approximate surface area is 127 Å². The lowest BCUT2D eigenvalue weighted by molar-refractivity contribution is -0.384. The van der Waals surface area contributed by atoms with Gasteiger partial charge in [0.05, 0.1) is 15.5 Å². The van der Waals surface area contributed by atoms with Gasteiger partial charge < -0.3 is 15.7 Å². The summed E-state index contributed by atoms with van der Waals surface area (Å²) < 4.78 is 6.17. The standard InChI is InChI=1S/C13H10BrN3O4/c14-11-6-3-9(17(19)20)7-12(11)21-10-4-1-8(2-5-10)13(15)16-18/h1-7,18H,(H2,15,16). The third kappa shape index (κ3) is 3.48. The maximum atomic E-state index is 10.8. The average molecular weight is 352 g/mol. The van der Waals surface area contributed by atoms with Gasteiger partial charge >= 0.3 is 0 Å². The van der Waals surface area contributed by atoms with E-state index in [0.29, 0.717) is 21.5 Å². The molecule has 0 aliphatic carbocycles. The van der Waals surface area contributed by atoms with Crippen LogP contribution in [-0.4, -0.2) is 16.0 Å². The largest absolute Gasteiger partial charge is 0.456 e. The van der Waals surface area contributed by atoms with E-state index >= 15 is 0 Å². The second-order valence-corrected chi connectivity index (χ2v) is 4.84. The molecule has 0 fully saturated rings. The number of hydrogen-bond donors (Lipinski definition) is 2. The Morgan fingerprint density at radius 3 is 2.52 bits per heavy atom. The topological polar surface area (TPSA) is 111 Å². The summed E-state index contributed by atoms with van der Waals surface area (Å²) in [5.74, 6) is 0.768. The van der Waals surface area contributed by atoms with Gasteiger partial charge in [-0.3, -0.25) is 10.1 Å². The molecule has 7 nitrogen and oxygen atoms in total. The fourth-order valence-corrected chi connectivity index (χ4v) is 1.89. The van der Waals surface area contributed by atoms with Gasteiger partial charge in [-0.25, -0.2) is 0 Å². The van der Waals surface area contributed by atoms with Crippen molar-refractivity contribution in [3.63, 3.8) is 0 Å². The molecule has 3 N–H and O–H groups in total. The zero-order valence-corrected chi connectivity index (χ0v) is 12.1. The Morgan fingerprint density at radius 1 is 1.29 bits per heavy atom. The summed E-state index contributed by atoms with van der Waals surface area (Å²) in [6, 6.07) is 10.7. The second-order valence-electron chi connectivity index (χ2n) is 3.98. The van der Waals surface area contributed by atoms with Gasteiger partial charge in [-0.05, 0) is 46.3 Å². The Balaban J connectivity index is 2.26. The van der Waals surface area contributed by atoms with Crippen LogP contribution < -0.4 is 10.5 Å². The Morgan fingerprint density at radius 2 is 1.95 bits per heavy atom. The van der Waals surface area contributed by atoms with E-state index in [1.165, 1.54) is 18.2 Å². The van der Waals surface area contributed by atoms with Crippen molar-refractivity contribution in [3.05, 3.63) is 62.6 Å². The van der Waals surface area contributed by atoms with Crippen LogP contribution in [0.15, 0.2) is 52.1 Å². The zero-order valence-electron chi connectivity index (χ0n) is 10.6. The van der Waals surface area contributed by atoms with Crippen LogP contribution in [0.25, 0.3) is 0 Å². The Kier molecular flexibility index (Phi) is 4.39. The molecule has 0 aromatic heterocycles. The van der Waals surface area contributed by atoms with Crippen LogP contribution in [0, 0.1) is 10.1 Å². The van der Waals surface area contributed by atoms with Crippen molar-refractivity contribution in [2.24, 2.45) is 10.9 Å². The van der Waals surface area contributed by atoms with Crippen LogP contribution in [0.3, 0.4) is 0 Å². The van der Waals surface area contributed by atoms with Crippen LogP contribution in [0.1, 0.15) is 5.56 Å². The summed E-state index contributed by atoms with van der Waals surface area (Å²) in [6.07, 6.45) is 0. The molecule has 0 aliphatic heterocycles. The van der Waals surface area contributed by atoms with Gasteiger partial charge in [0, 0.05) is 11.6 Å². The fraction of sp³-hybridized carbons (Fsp3) is 0. The van der Waals surface area contributed by atoms with Crippen molar-refractivity contribution in [3.8, 4) is 11.5 Å². The van der Waals surface area contributed by atoms with Crippen LogP contribution >= 0.6 is 15.9 Å². The quantitative estimate of drug-likeness (QED) is 0.288. The van der Waals surface area contributed by atoms with Gasteiger partial charge in [0.2, 0.25) is 0 Å². The van der Waals surface area contributed by atoms with Crippen molar-refractivity contribution in [2.75, 3.05) is 0 Å². The number of nitro benzene ring substituents is 1. The molecular weight excluding hydrogens is 342 g/mol. The van der Waals surface area contributed by atoms with Gasteiger partial charge in [-0.15, -0.1) is 0 Å². The first-order valence-corrected chi connectivity index (χ1v) is 6.50. The molecule has 0 amide bonds. The van der Waals surface area contributed by atoms with E-state index in [1.807, 2.05) is 0 Å². The van der Waals surface area contributed by atoms with E-state index in [4.69, 9.17) is 15.7 Å². The maximum Gasteiger partial charge on any atom is 0.273 e. The molecule has 108 valence electrons. The van der Waals surface area contributed by atoms with Crippen molar-refractivity contribution >= 4 is 27.5 Å². The fourth-order valence-electron chi connectivity index (χ4n) is 1.56. The van der Waals surface area contributed by atoms with E-state index in [-0.39, 0.29) is 11.5 Å². The van der Waals surface area contributed by atoms with Crippen LogP contribution in [-0.2, 0) is 0 Å². The predicted molar refractivity (Wildman–Crippen MR) is 79.8 cm³/mol. The van der Waals surface area contributed by atoms with Crippen LogP contribution in [0.4, 0.5) is 5.69 Å². The number of nitrogens with two attached hydrogens (primary N) is 1. The summed E-state index contributed by atoms with van der Waals surface area (Å²) in [6.45, 7) is 0. The summed E-state index contributed by atoms with van der Waals surface area (Å²) in [4.78, 5) is 10.3. The molecule has 0 bridgehead atoms. The zero-order chi connectivity index (χ0) is 15.4. The number of non-ortho nitro benzene ring substituents is 1. The highest BCUT2D eigenvalue weighted by molar-refractivity contribution is 9.10. The lowest BCUT2D eigenvalue weighted by Crippen LogP contribution is -2.12. The molecule has 2 rings (SSSR count). The minimum atomic E-state index is -0.499. The number of rotatable bonds is 4. The van der Waals surface area contributed by atoms with Gasteiger partial charge in [0.1, 0.15) is 11.5 Å². The van der Waals surface area contributed by atoms with Crippen molar-refractivity contribution in [2.45, 2.75) is 0 Å². The van der Waals surface area contributed by atoms with Gasteiger partial charge in [-0.1, -0.05) is 5.16 Å². The van der Waals surface area contributed by atoms with Gasteiger partial charge in [-0.2, -0.15) is 0 Å². The molecule has 0 radical (unpaired) electrons. The van der Waals surface area contributed by atoms with Gasteiger partial charge in [0.25, 0.3) is 5.69 Å². The third-order valence-corrected chi connectivity index (χ3v) is 3.27. The summed E-state index contributed by atoms with van der Waals surface area (Å²) in [5.41, 5.74) is 5.91. The number of nitrogens with zero attached hydrogens (tertiary/aromatic N) is 2. The molecule has 8 heteroatoms. The summed E-state index contributed by atoms with van der Waals surface area (Å²) in [7, 11) is 0. The number of oxime groups is 1. The normalized spacial score (nSPS) is 11.2. The van der Waals surface area contributed by atoms with Crippen LogP contribution in [0.2, 0.25) is 0 Å².